The fraction of sp³-hybridized carbons (Fsp3) is 0.222. The number of benzene rings is 2. The van der Waals surface area contributed by atoms with Gasteiger partial charge in [-0.2, -0.15) is 14.0 Å². The molecule has 3 rings (SSSR count). The van der Waals surface area contributed by atoms with Gasteiger partial charge in [-0.05, 0) is 30.7 Å². The molecule has 1 heterocycles. The van der Waals surface area contributed by atoms with E-state index in [0.717, 1.165) is 11.1 Å². The van der Waals surface area contributed by atoms with Crippen LogP contribution in [0.15, 0.2) is 48.5 Å². The molecular formula is C18H15F2N3O. The zero-order valence-corrected chi connectivity index (χ0v) is 13.0. The Morgan fingerprint density at radius 1 is 1.21 bits per heavy atom. The summed E-state index contributed by atoms with van der Waals surface area (Å²) in [6, 6.07) is 16.7. The molecule has 1 atom stereocenters. The molecule has 0 amide bonds. The van der Waals surface area contributed by atoms with E-state index in [1.165, 1.54) is 0 Å². The molecule has 3 aromatic rings. The van der Waals surface area contributed by atoms with E-state index in [0.29, 0.717) is 16.9 Å². The van der Waals surface area contributed by atoms with Crippen LogP contribution in [0.25, 0.3) is 11.0 Å². The maximum absolute atomic E-state index is 12.4. The van der Waals surface area contributed by atoms with E-state index in [1.54, 1.807) is 18.2 Å². The predicted octanol–water partition coefficient (Wildman–Crippen LogP) is 4.26. The molecule has 24 heavy (non-hydrogen) atoms. The Morgan fingerprint density at radius 3 is 2.62 bits per heavy atom. The van der Waals surface area contributed by atoms with E-state index >= 15 is 0 Å². The summed E-state index contributed by atoms with van der Waals surface area (Å²) in [5.74, 6) is 0.400. The predicted molar refractivity (Wildman–Crippen MR) is 85.5 cm³/mol. The number of imidazole rings is 1. The number of nitrogens with zero attached hydrogens (tertiary/aromatic N) is 3. The number of fused-ring (bicyclic) bond motifs is 1. The van der Waals surface area contributed by atoms with Gasteiger partial charge in [-0.1, -0.05) is 30.3 Å². The molecule has 0 fully saturated rings. The van der Waals surface area contributed by atoms with E-state index in [-0.39, 0.29) is 12.6 Å². The molecule has 0 saturated carbocycles. The lowest BCUT2D eigenvalue weighted by atomic mass is 10.1. The molecule has 0 saturated heterocycles. The van der Waals surface area contributed by atoms with E-state index in [1.807, 2.05) is 41.8 Å². The van der Waals surface area contributed by atoms with Gasteiger partial charge in [-0.25, -0.2) is 4.98 Å². The Bertz CT molecular complexity index is 884. The average Bonchev–Trinajstić information content (AvgIpc) is 2.97. The molecule has 122 valence electrons. The zero-order chi connectivity index (χ0) is 17.1. The summed E-state index contributed by atoms with van der Waals surface area (Å²) < 4.78 is 31.2. The maximum Gasteiger partial charge on any atom is 0.345 e. The van der Waals surface area contributed by atoms with Crippen molar-refractivity contribution in [3.63, 3.8) is 0 Å². The summed E-state index contributed by atoms with van der Waals surface area (Å²) in [4.78, 5) is 4.40. The van der Waals surface area contributed by atoms with Gasteiger partial charge < -0.3 is 9.30 Å². The van der Waals surface area contributed by atoms with Crippen LogP contribution in [0.4, 0.5) is 8.78 Å². The summed E-state index contributed by atoms with van der Waals surface area (Å²) in [6.07, 6.45) is 0. The largest absolute Gasteiger partial charge is 0.345 e. The topological polar surface area (TPSA) is 50.8 Å². The minimum atomic E-state index is -2.86. The van der Waals surface area contributed by atoms with E-state index in [4.69, 9.17) is 5.26 Å². The first-order valence-corrected chi connectivity index (χ1v) is 7.46. The number of nitriles is 1. The summed E-state index contributed by atoms with van der Waals surface area (Å²) in [6.45, 7) is -1.20. The number of hydrogen-bond donors (Lipinski definition) is 0. The van der Waals surface area contributed by atoms with Crippen LogP contribution in [-0.4, -0.2) is 16.2 Å². The van der Waals surface area contributed by atoms with Crippen LogP contribution in [-0.2, 0) is 11.3 Å². The second-order valence-electron chi connectivity index (χ2n) is 5.37. The standard InChI is InChI=1S/C18H15F2N3O/c1-12(14-5-3-2-4-6-14)23-16-9-13(10-21)7-8-15(16)22-17(23)11-24-18(19)20/h2-9,12,18H,11H2,1H3/t12-/m0/s1. The third kappa shape index (κ3) is 3.12. The van der Waals surface area contributed by atoms with Crippen molar-refractivity contribution in [2.75, 3.05) is 0 Å². The van der Waals surface area contributed by atoms with Crippen molar-refractivity contribution in [3.05, 3.63) is 65.5 Å². The fourth-order valence-corrected chi connectivity index (χ4v) is 2.76. The zero-order valence-electron chi connectivity index (χ0n) is 13.0. The highest BCUT2D eigenvalue weighted by Gasteiger charge is 2.19. The lowest BCUT2D eigenvalue weighted by Gasteiger charge is -2.18. The fourth-order valence-electron chi connectivity index (χ4n) is 2.76. The molecule has 0 spiro atoms. The highest BCUT2D eigenvalue weighted by atomic mass is 19.3. The van der Waals surface area contributed by atoms with Crippen molar-refractivity contribution >= 4 is 11.0 Å². The van der Waals surface area contributed by atoms with Crippen molar-refractivity contribution in [3.8, 4) is 6.07 Å². The quantitative estimate of drug-likeness (QED) is 0.703. The molecule has 6 heteroatoms. The molecule has 0 bridgehead atoms. The highest BCUT2D eigenvalue weighted by molar-refractivity contribution is 5.78. The van der Waals surface area contributed by atoms with Gasteiger partial charge in [-0.3, -0.25) is 0 Å². The van der Waals surface area contributed by atoms with Crippen molar-refractivity contribution in [1.82, 2.24) is 9.55 Å². The van der Waals surface area contributed by atoms with Gasteiger partial charge in [0.1, 0.15) is 12.4 Å². The van der Waals surface area contributed by atoms with E-state index < -0.39 is 6.61 Å². The Labute approximate surface area is 137 Å². The summed E-state index contributed by atoms with van der Waals surface area (Å²) >= 11 is 0. The van der Waals surface area contributed by atoms with Crippen LogP contribution >= 0.6 is 0 Å². The van der Waals surface area contributed by atoms with Gasteiger partial charge in [-0.15, -0.1) is 0 Å². The lowest BCUT2D eigenvalue weighted by Crippen LogP contribution is -2.13. The van der Waals surface area contributed by atoms with Gasteiger partial charge in [0.05, 0.1) is 28.7 Å². The van der Waals surface area contributed by atoms with Crippen LogP contribution < -0.4 is 0 Å². The molecule has 0 aliphatic rings. The first-order chi connectivity index (χ1) is 11.6. The number of halogens is 2. The smallest absolute Gasteiger partial charge is 0.319 e. The monoisotopic (exact) mass is 327 g/mol. The van der Waals surface area contributed by atoms with Crippen LogP contribution in [0.5, 0.6) is 0 Å². The van der Waals surface area contributed by atoms with Crippen molar-refractivity contribution in [2.24, 2.45) is 0 Å². The number of aromatic nitrogens is 2. The third-order valence-corrected chi connectivity index (χ3v) is 3.90. The first kappa shape index (κ1) is 16.1. The molecule has 1 aromatic heterocycles. The van der Waals surface area contributed by atoms with Crippen LogP contribution in [0, 0.1) is 11.3 Å². The summed E-state index contributed by atoms with van der Waals surface area (Å²) in [5, 5.41) is 9.12. The van der Waals surface area contributed by atoms with Gasteiger partial charge in [0, 0.05) is 0 Å². The summed E-state index contributed by atoms with van der Waals surface area (Å²) in [7, 11) is 0. The van der Waals surface area contributed by atoms with Gasteiger partial charge in [0.25, 0.3) is 0 Å². The molecule has 4 nitrogen and oxygen atoms in total. The highest BCUT2D eigenvalue weighted by Crippen LogP contribution is 2.27. The molecule has 0 N–H and O–H groups in total. The summed E-state index contributed by atoms with van der Waals surface area (Å²) in [5.41, 5.74) is 2.87. The maximum atomic E-state index is 12.4. The molecule has 2 aromatic carbocycles. The molecule has 0 aliphatic carbocycles. The first-order valence-electron chi connectivity index (χ1n) is 7.46. The number of alkyl halides is 2. The minimum absolute atomic E-state index is 0.138. The van der Waals surface area contributed by atoms with Crippen LogP contribution in [0.3, 0.4) is 0 Å². The Morgan fingerprint density at radius 2 is 1.96 bits per heavy atom. The third-order valence-electron chi connectivity index (χ3n) is 3.90. The Hall–Kier alpha value is -2.78. The molecule has 0 aliphatic heterocycles. The normalized spacial score (nSPS) is 12.5. The van der Waals surface area contributed by atoms with Crippen molar-refractivity contribution < 1.29 is 13.5 Å². The minimum Gasteiger partial charge on any atom is -0.319 e. The molecular weight excluding hydrogens is 312 g/mol. The van der Waals surface area contributed by atoms with Crippen LogP contribution in [0.2, 0.25) is 0 Å². The van der Waals surface area contributed by atoms with Crippen molar-refractivity contribution in [1.29, 1.82) is 5.26 Å². The number of rotatable bonds is 5. The molecule has 0 unspecified atom stereocenters. The molecule has 0 radical (unpaired) electrons. The van der Waals surface area contributed by atoms with Gasteiger partial charge >= 0.3 is 6.61 Å². The lowest BCUT2D eigenvalue weighted by molar-refractivity contribution is -0.139. The Kier molecular flexibility index (Phi) is 4.54. The number of ether oxygens (including phenoxy) is 1. The SMILES string of the molecule is C[C@@H](c1ccccc1)n1c(COC(F)F)nc2ccc(C#N)cc21. The van der Waals surface area contributed by atoms with E-state index in [2.05, 4.69) is 15.8 Å². The number of hydrogen-bond acceptors (Lipinski definition) is 3. The van der Waals surface area contributed by atoms with Crippen molar-refractivity contribution in [2.45, 2.75) is 26.2 Å². The van der Waals surface area contributed by atoms with Gasteiger partial charge in [0.2, 0.25) is 0 Å². The second-order valence-corrected chi connectivity index (χ2v) is 5.37. The van der Waals surface area contributed by atoms with E-state index in [9.17, 15) is 8.78 Å². The van der Waals surface area contributed by atoms with Crippen LogP contribution in [0.1, 0.15) is 29.9 Å². The Balaban J connectivity index is 2.14. The van der Waals surface area contributed by atoms with Gasteiger partial charge in [0.15, 0.2) is 0 Å². The second kappa shape index (κ2) is 6.77. The average molecular weight is 327 g/mol.